The third-order valence-corrected chi connectivity index (χ3v) is 4.62. The second kappa shape index (κ2) is 9.17. The molecule has 0 aliphatic carbocycles. The van der Waals surface area contributed by atoms with Crippen LogP contribution in [0.3, 0.4) is 0 Å². The Morgan fingerprint density at radius 3 is 2.25 bits per heavy atom. The molecular formula is C22H24N2O4. The van der Waals surface area contributed by atoms with Gasteiger partial charge in [-0.05, 0) is 44.0 Å². The van der Waals surface area contributed by atoms with E-state index in [0.29, 0.717) is 55.0 Å². The summed E-state index contributed by atoms with van der Waals surface area (Å²) in [6.45, 7) is 2.80. The van der Waals surface area contributed by atoms with Gasteiger partial charge in [0.2, 0.25) is 5.91 Å². The number of anilines is 1. The number of benzene rings is 2. The van der Waals surface area contributed by atoms with E-state index in [9.17, 15) is 14.4 Å². The van der Waals surface area contributed by atoms with Crippen molar-refractivity contribution in [1.82, 2.24) is 4.90 Å². The standard InChI is InChI=1S/C22H24N2O4/c1-2-28-19-13-8-7-12-18(19)23-20(25)14-4-3-9-15-24-21(26)16-10-5-6-11-17(16)22(24)27/h5-8,10-13H,2-4,9,14-15H2,1H3,(H,23,25). The number of para-hydroxylation sites is 2. The van der Waals surface area contributed by atoms with Gasteiger partial charge in [0.15, 0.2) is 0 Å². The summed E-state index contributed by atoms with van der Waals surface area (Å²) < 4.78 is 5.50. The summed E-state index contributed by atoms with van der Waals surface area (Å²) in [4.78, 5) is 38.0. The van der Waals surface area contributed by atoms with Gasteiger partial charge in [-0.1, -0.05) is 30.7 Å². The maximum Gasteiger partial charge on any atom is 0.261 e. The first-order valence-electron chi connectivity index (χ1n) is 9.58. The van der Waals surface area contributed by atoms with Crippen LogP contribution in [0, 0.1) is 0 Å². The Hall–Kier alpha value is -3.15. The lowest BCUT2D eigenvalue weighted by molar-refractivity contribution is -0.116. The monoisotopic (exact) mass is 380 g/mol. The highest BCUT2D eigenvalue weighted by Gasteiger charge is 2.34. The predicted molar refractivity (Wildman–Crippen MR) is 107 cm³/mol. The van der Waals surface area contributed by atoms with Crippen LogP contribution in [0.5, 0.6) is 5.75 Å². The van der Waals surface area contributed by atoms with Gasteiger partial charge < -0.3 is 10.1 Å². The van der Waals surface area contributed by atoms with Crippen LogP contribution in [0.2, 0.25) is 0 Å². The zero-order chi connectivity index (χ0) is 19.9. The van der Waals surface area contributed by atoms with Crippen LogP contribution in [0.15, 0.2) is 48.5 Å². The number of imide groups is 1. The average Bonchev–Trinajstić information content (AvgIpc) is 2.94. The van der Waals surface area contributed by atoms with Gasteiger partial charge in [0.1, 0.15) is 5.75 Å². The molecule has 0 bridgehead atoms. The van der Waals surface area contributed by atoms with E-state index in [-0.39, 0.29) is 17.7 Å². The summed E-state index contributed by atoms with van der Waals surface area (Å²) in [6.07, 6.45) is 2.50. The number of ether oxygens (including phenoxy) is 1. The molecule has 0 radical (unpaired) electrons. The summed E-state index contributed by atoms with van der Waals surface area (Å²) in [5.41, 5.74) is 1.61. The van der Waals surface area contributed by atoms with Gasteiger partial charge in [0.05, 0.1) is 23.4 Å². The van der Waals surface area contributed by atoms with Crippen LogP contribution in [0.25, 0.3) is 0 Å². The Kier molecular flexibility index (Phi) is 6.42. The molecule has 3 amide bonds. The maximum absolute atomic E-state index is 12.3. The van der Waals surface area contributed by atoms with Crippen molar-refractivity contribution in [3.63, 3.8) is 0 Å². The molecule has 1 N–H and O–H groups in total. The molecular weight excluding hydrogens is 356 g/mol. The van der Waals surface area contributed by atoms with Crippen molar-refractivity contribution in [2.45, 2.75) is 32.6 Å². The fourth-order valence-corrected chi connectivity index (χ4v) is 3.24. The van der Waals surface area contributed by atoms with Crippen molar-refractivity contribution in [3.8, 4) is 5.75 Å². The van der Waals surface area contributed by atoms with Gasteiger partial charge in [0, 0.05) is 13.0 Å². The van der Waals surface area contributed by atoms with Crippen LogP contribution in [0.1, 0.15) is 53.3 Å². The van der Waals surface area contributed by atoms with E-state index < -0.39 is 0 Å². The van der Waals surface area contributed by atoms with Crippen molar-refractivity contribution in [2.75, 3.05) is 18.5 Å². The van der Waals surface area contributed by atoms with E-state index in [1.807, 2.05) is 31.2 Å². The minimum Gasteiger partial charge on any atom is -0.492 e. The van der Waals surface area contributed by atoms with Gasteiger partial charge in [-0.15, -0.1) is 0 Å². The van der Waals surface area contributed by atoms with Gasteiger partial charge in [-0.2, -0.15) is 0 Å². The van der Waals surface area contributed by atoms with E-state index in [2.05, 4.69) is 5.32 Å². The summed E-state index contributed by atoms with van der Waals surface area (Å²) in [5, 5.41) is 2.87. The van der Waals surface area contributed by atoms with Crippen LogP contribution in [0.4, 0.5) is 5.69 Å². The molecule has 0 unspecified atom stereocenters. The van der Waals surface area contributed by atoms with Gasteiger partial charge in [-0.3, -0.25) is 19.3 Å². The molecule has 0 saturated heterocycles. The highest BCUT2D eigenvalue weighted by atomic mass is 16.5. The second-order valence-electron chi connectivity index (χ2n) is 6.60. The zero-order valence-corrected chi connectivity index (χ0v) is 15.9. The summed E-state index contributed by atoms with van der Waals surface area (Å²) in [7, 11) is 0. The molecule has 6 heteroatoms. The number of hydrogen-bond donors (Lipinski definition) is 1. The Bertz CT molecular complexity index is 843. The van der Waals surface area contributed by atoms with E-state index in [1.165, 1.54) is 4.90 Å². The van der Waals surface area contributed by atoms with Crippen LogP contribution >= 0.6 is 0 Å². The Morgan fingerprint density at radius 2 is 1.57 bits per heavy atom. The third kappa shape index (κ3) is 4.39. The number of unbranched alkanes of at least 4 members (excludes halogenated alkanes) is 2. The first kappa shape index (κ1) is 19.6. The zero-order valence-electron chi connectivity index (χ0n) is 15.9. The van der Waals surface area contributed by atoms with E-state index in [0.717, 1.165) is 6.42 Å². The van der Waals surface area contributed by atoms with Crippen LogP contribution in [-0.4, -0.2) is 35.8 Å². The van der Waals surface area contributed by atoms with Crippen molar-refractivity contribution in [3.05, 3.63) is 59.7 Å². The number of carbonyl (C=O) groups excluding carboxylic acids is 3. The lowest BCUT2D eigenvalue weighted by atomic mass is 10.1. The average molecular weight is 380 g/mol. The summed E-state index contributed by atoms with van der Waals surface area (Å²) in [5.74, 6) is 0.119. The molecule has 0 aromatic heterocycles. The first-order chi connectivity index (χ1) is 13.6. The molecule has 146 valence electrons. The molecule has 2 aromatic carbocycles. The fourth-order valence-electron chi connectivity index (χ4n) is 3.24. The van der Waals surface area contributed by atoms with Gasteiger partial charge >= 0.3 is 0 Å². The third-order valence-electron chi connectivity index (χ3n) is 4.62. The number of nitrogens with one attached hydrogen (secondary N) is 1. The van der Waals surface area contributed by atoms with Crippen LogP contribution < -0.4 is 10.1 Å². The molecule has 1 aliphatic rings. The molecule has 1 heterocycles. The number of hydrogen-bond acceptors (Lipinski definition) is 4. The Morgan fingerprint density at radius 1 is 0.929 bits per heavy atom. The molecule has 0 saturated carbocycles. The number of amides is 3. The van der Waals surface area contributed by atoms with Crippen molar-refractivity contribution >= 4 is 23.4 Å². The lowest BCUT2D eigenvalue weighted by Gasteiger charge is -2.13. The predicted octanol–water partition coefficient (Wildman–Crippen LogP) is 3.88. The van der Waals surface area contributed by atoms with E-state index in [1.54, 1.807) is 24.3 Å². The van der Waals surface area contributed by atoms with Crippen molar-refractivity contribution in [2.24, 2.45) is 0 Å². The molecule has 0 fully saturated rings. The lowest BCUT2D eigenvalue weighted by Crippen LogP contribution is -2.30. The number of nitrogens with zero attached hydrogens (tertiary/aromatic N) is 1. The molecule has 0 atom stereocenters. The quantitative estimate of drug-likeness (QED) is 0.529. The topological polar surface area (TPSA) is 75.7 Å². The smallest absolute Gasteiger partial charge is 0.261 e. The summed E-state index contributed by atoms with van der Waals surface area (Å²) >= 11 is 0. The molecule has 0 spiro atoms. The highest BCUT2D eigenvalue weighted by molar-refractivity contribution is 6.21. The Balaban J connectivity index is 1.40. The minimum atomic E-state index is -0.231. The number of fused-ring (bicyclic) bond motifs is 1. The number of carbonyl (C=O) groups is 3. The molecule has 3 rings (SSSR count). The van der Waals surface area contributed by atoms with Gasteiger partial charge in [0.25, 0.3) is 11.8 Å². The van der Waals surface area contributed by atoms with Crippen LogP contribution in [-0.2, 0) is 4.79 Å². The highest BCUT2D eigenvalue weighted by Crippen LogP contribution is 2.24. The van der Waals surface area contributed by atoms with Gasteiger partial charge in [-0.25, -0.2) is 0 Å². The molecule has 1 aliphatic heterocycles. The minimum absolute atomic E-state index is 0.0760. The van der Waals surface area contributed by atoms with Crippen molar-refractivity contribution < 1.29 is 19.1 Å². The van der Waals surface area contributed by atoms with Crippen molar-refractivity contribution in [1.29, 1.82) is 0 Å². The summed E-state index contributed by atoms with van der Waals surface area (Å²) in [6, 6.07) is 14.2. The Labute approximate surface area is 164 Å². The maximum atomic E-state index is 12.3. The van der Waals surface area contributed by atoms with E-state index >= 15 is 0 Å². The van der Waals surface area contributed by atoms with E-state index in [4.69, 9.17) is 4.74 Å². The second-order valence-corrected chi connectivity index (χ2v) is 6.60. The molecule has 28 heavy (non-hydrogen) atoms. The molecule has 6 nitrogen and oxygen atoms in total. The number of rotatable bonds is 9. The SMILES string of the molecule is CCOc1ccccc1NC(=O)CCCCCN1C(=O)c2ccccc2C1=O. The largest absolute Gasteiger partial charge is 0.492 e. The normalized spacial score (nSPS) is 12.8. The first-order valence-corrected chi connectivity index (χ1v) is 9.58. The fraction of sp³-hybridized carbons (Fsp3) is 0.318. The molecule has 2 aromatic rings.